The molecule has 0 aliphatic carbocycles. The van der Waals surface area contributed by atoms with E-state index < -0.39 is 8.80 Å². The lowest BCUT2D eigenvalue weighted by Crippen LogP contribution is -2.45. The van der Waals surface area contributed by atoms with Crippen molar-refractivity contribution in [3.8, 4) is 0 Å². The number of hydrogen-bond acceptors (Lipinski definition) is 3. The average molecular weight is 337 g/mol. The van der Waals surface area contributed by atoms with Crippen LogP contribution in [0.1, 0.15) is 45.6 Å². The summed E-state index contributed by atoms with van der Waals surface area (Å²) in [6, 6.07) is 11.4. The van der Waals surface area contributed by atoms with Crippen molar-refractivity contribution in [3.63, 3.8) is 0 Å². The van der Waals surface area contributed by atoms with Crippen molar-refractivity contribution in [3.05, 3.63) is 48.0 Å². The Morgan fingerprint density at radius 1 is 0.826 bits per heavy atom. The van der Waals surface area contributed by atoms with E-state index in [1.165, 1.54) is 18.4 Å². The van der Waals surface area contributed by atoms with E-state index in [9.17, 15) is 0 Å². The van der Waals surface area contributed by atoms with Gasteiger partial charge in [0.05, 0.1) is 0 Å². The lowest BCUT2D eigenvalue weighted by molar-refractivity contribution is 0.0742. The first-order chi connectivity index (χ1) is 11.3. The molecular weight excluding hydrogens is 304 g/mol. The lowest BCUT2D eigenvalue weighted by Gasteiger charge is -2.27. The van der Waals surface area contributed by atoms with Crippen molar-refractivity contribution >= 4 is 8.80 Å². The van der Waals surface area contributed by atoms with Crippen molar-refractivity contribution in [2.24, 2.45) is 0 Å². The van der Waals surface area contributed by atoms with Gasteiger partial charge in [-0.05, 0) is 52.0 Å². The molecule has 0 aliphatic rings. The van der Waals surface area contributed by atoms with Gasteiger partial charge in [-0.25, -0.2) is 0 Å². The summed E-state index contributed by atoms with van der Waals surface area (Å²) in [7, 11) is -2.50. The molecule has 1 rings (SSSR count). The topological polar surface area (TPSA) is 27.7 Å². The molecule has 1 aromatic carbocycles. The van der Waals surface area contributed by atoms with Crippen molar-refractivity contribution in [2.45, 2.75) is 52.5 Å². The Labute approximate surface area is 143 Å². The second-order valence-electron chi connectivity index (χ2n) is 5.39. The highest BCUT2D eigenvalue weighted by Crippen LogP contribution is 2.17. The Morgan fingerprint density at radius 3 is 2.00 bits per heavy atom. The number of unbranched alkanes of at least 4 members (excludes halogenated alkanes) is 2. The van der Waals surface area contributed by atoms with Crippen LogP contribution in [0, 0.1) is 0 Å². The Kier molecular flexibility index (Phi) is 10.9. The first-order valence-corrected chi connectivity index (χ1v) is 10.8. The summed E-state index contributed by atoms with van der Waals surface area (Å²) in [6.45, 7) is 7.89. The second-order valence-corrected chi connectivity index (χ2v) is 8.03. The molecule has 0 saturated carbocycles. The molecule has 0 atom stereocenters. The van der Waals surface area contributed by atoms with Gasteiger partial charge >= 0.3 is 8.80 Å². The molecule has 0 aliphatic heterocycles. The van der Waals surface area contributed by atoms with Crippen LogP contribution in [-0.4, -0.2) is 28.6 Å². The first kappa shape index (κ1) is 20.1. The zero-order chi connectivity index (χ0) is 16.8. The summed E-state index contributed by atoms with van der Waals surface area (Å²) in [4.78, 5) is 0. The molecule has 0 aromatic heterocycles. The lowest BCUT2D eigenvalue weighted by atomic mass is 10.1. The van der Waals surface area contributed by atoms with Gasteiger partial charge in [0.15, 0.2) is 0 Å². The van der Waals surface area contributed by atoms with Gasteiger partial charge in [-0.15, -0.1) is 0 Å². The Balaban J connectivity index is 2.28. The number of rotatable bonds is 13. The summed E-state index contributed by atoms with van der Waals surface area (Å²) in [5.41, 5.74) is 1.42. The van der Waals surface area contributed by atoms with Crippen LogP contribution in [0.2, 0.25) is 6.04 Å². The molecule has 0 radical (unpaired) electrons. The third kappa shape index (κ3) is 8.46. The maximum absolute atomic E-state index is 5.84. The SMILES string of the molecule is CCO[Si](CC=CCCCCc1ccccc1)(OCC)OCC. The zero-order valence-corrected chi connectivity index (χ0v) is 15.9. The predicted molar refractivity (Wildman–Crippen MR) is 98.6 cm³/mol. The number of allylic oxidation sites excluding steroid dienone is 2. The highest BCUT2D eigenvalue weighted by molar-refractivity contribution is 6.61. The van der Waals surface area contributed by atoms with Crippen molar-refractivity contribution in [1.82, 2.24) is 0 Å². The molecule has 0 spiro atoms. The van der Waals surface area contributed by atoms with Gasteiger partial charge in [0.1, 0.15) is 0 Å². The van der Waals surface area contributed by atoms with Crippen LogP contribution in [0.5, 0.6) is 0 Å². The van der Waals surface area contributed by atoms with Crippen LogP contribution in [-0.2, 0) is 19.7 Å². The quantitative estimate of drug-likeness (QED) is 0.288. The van der Waals surface area contributed by atoms with Crippen LogP contribution >= 0.6 is 0 Å². The Bertz CT molecular complexity index is 403. The third-order valence-corrected chi connectivity index (χ3v) is 6.48. The van der Waals surface area contributed by atoms with Crippen LogP contribution in [0.25, 0.3) is 0 Å². The van der Waals surface area contributed by atoms with E-state index in [1.807, 2.05) is 20.8 Å². The van der Waals surface area contributed by atoms with Gasteiger partial charge in [-0.2, -0.15) is 0 Å². The minimum absolute atomic E-state index is 0.636. The summed E-state index contributed by atoms with van der Waals surface area (Å²) in [6.07, 6.45) is 9.10. The second kappa shape index (κ2) is 12.5. The van der Waals surface area contributed by atoms with E-state index in [2.05, 4.69) is 42.5 Å². The van der Waals surface area contributed by atoms with Crippen LogP contribution < -0.4 is 0 Å². The molecule has 0 amide bonds. The monoisotopic (exact) mass is 336 g/mol. The summed E-state index contributed by atoms with van der Waals surface area (Å²) in [5.74, 6) is 0. The zero-order valence-electron chi connectivity index (χ0n) is 14.9. The molecule has 0 bridgehead atoms. The van der Waals surface area contributed by atoms with Gasteiger partial charge in [0.25, 0.3) is 0 Å². The summed E-state index contributed by atoms with van der Waals surface area (Å²) >= 11 is 0. The number of benzene rings is 1. The van der Waals surface area contributed by atoms with E-state index in [-0.39, 0.29) is 0 Å². The van der Waals surface area contributed by atoms with E-state index in [0.717, 1.165) is 18.9 Å². The van der Waals surface area contributed by atoms with Gasteiger partial charge in [-0.1, -0.05) is 42.5 Å². The maximum Gasteiger partial charge on any atom is 0.504 e. The molecule has 0 saturated heterocycles. The molecule has 0 N–H and O–H groups in total. The van der Waals surface area contributed by atoms with Crippen LogP contribution in [0.3, 0.4) is 0 Å². The van der Waals surface area contributed by atoms with Gasteiger partial charge < -0.3 is 13.3 Å². The molecule has 0 fully saturated rings. The minimum atomic E-state index is -2.50. The first-order valence-electron chi connectivity index (χ1n) is 8.87. The molecule has 4 heteroatoms. The summed E-state index contributed by atoms with van der Waals surface area (Å²) < 4.78 is 17.5. The average Bonchev–Trinajstić information content (AvgIpc) is 2.56. The standard InChI is InChI=1S/C19H32O3Si/c1-4-20-23(21-5-2,22-6-3)18-14-9-7-8-11-15-19-16-12-10-13-17-19/h9-10,12-14,16-17H,4-8,11,15,18H2,1-3H3. The largest absolute Gasteiger partial charge is 0.504 e. The maximum atomic E-state index is 5.84. The molecule has 3 nitrogen and oxygen atoms in total. The van der Waals surface area contributed by atoms with Crippen molar-refractivity contribution in [1.29, 1.82) is 0 Å². The fourth-order valence-electron chi connectivity index (χ4n) is 2.54. The highest BCUT2D eigenvalue weighted by atomic mass is 28.4. The highest BCUT2D eigenvalue weighted by Gasteiger charge is 2.38. The molecule has 0 unspecified atom stereocenters. The van der Waals surface area contributed by atoms with E-state index in [4.69, 9.17) is 13.3 Å². The molecule has 1 aromatic rings. The minimum Gasteiger partial charge on any atom is -0.374 e. The number of aryl methyl sites for hydroxylation is 1. The van der Waals surface area contributed by atoms with Crippen molar-refractivity contribution in [2.75, 3.05) is 19.8 Å². The van der Waals surface area contributed by atoms with Gasteiger partial charge in [0, 0.05) is 25.9 Å². The van der Waals surface area contributed by atoms with E-state index in [0.29, 0.717) is 19.8 Å². The van der Waals surface area contributed by atoms with Gasteiger partial charge in [-0.3, -0.25) is 0 Å². The van der Waals surface area contributed by atoms with E-state index >= 15 is 0 Å². The third-order valence-electron chi connectivity index (χ3n) is 3.56. The van der Waals surface area contributed by atoms with E-state index in [1.54, 1.807) is 0 Å². The normalized spacial score (nSPS) is 12.1. The van der Waals surface area contributed by atoms with Gasteiger partial charge in [0.2, 0.25) is 0 Å². The van der Waals surface area contributed by atoms with Crippen molar-refractivity contribution < 1.29 is 13.3 Å². The molecule has 0 heterocycles. The molecule has 130 valence electrons. The Morgan fingerprint density at radius 2 is 1.43 bits per heavy atom. The fraction of sp³-hybridized carbons (Fsp3) is 0.579. The fourth-order valence-corrected chi connectivity index (χ4v) is 4.92. The molecular formula is C19H32O3Si. The Hall–Kier alpha value is -0.943. The number of hydrogen-bond donors (Lipinski definition) is 0. The smallest absolute Gasteiger partial charge is 0.374 e. The molecule has 23 heavy (non-hydrogen) atoms. The predicted octanol–water partition coefficient (Wildman–Crippen LogP) is 5.00. The summed E-state index contributed by atoms with van der Waals surface area (Å²) in [5, 5.41) is 0. The van der Waals surface area contributed by atoms with Crippen LogP contribution in [0.15, 0.2) is 42.5 Å². The van der Waals surface area contributed by atoms with Crippen LogP contribution in [0.4, 0.5) is 0 Å².